The van der Waals surface area contributed by atoms with Gasteiger partial charge in [-0.1, -0.05) is 36.4 Å². The van der Waals surface area contributed by atoms with Crippen LogP contribution in [-0.2, 0) is 0 Å². The van der Waals surface area contributed by atoms with Gasteiger partial charge in [-0.2, -0.15) is 5.26 Å². The van der Waals surface area contributed by atoms with Crippen LogP contribution in [0, 0.1) is 17.9 Å². The molecule has 0 unspecified atom stereocenters. The van der Waals surface area contributed by atoms with E-state index < -0.39 is 0 Å². The minimum absolute atomic E-state index is 0.544. The lowest BCUT2D eigenvalue weighted by atomic mass is 9.91. The molecule has 0 aliphatic rings. The van der Waals surface area contributed by atoms with E-state index in [-0.39, 0.29) is 0 Å². The minimum atomic E-state index is 0.544. The second-order valence-corrected chi connectivity index (χ2v) is 13.8. The summed E-state index contributed by atoms with van der Waals surface area (Å²) in [5, 5.41) is 24.4. The summed E-state index contributed by atoms with van der Waals surface area (Å²) in [6, 6.07) is 36.6. The van der Waals surface area contributed by atoms with Gasteiger partial charge in [0.1, 0.15) is 9.66 Å². The summed E-state index contributed by atoms with van der Waals surface area (Å²) in [7, 11) is 0. The molecule has 0 bridgehead atoms. The number of nitrogens with zero attached hydrogens (tertiary/aromatic N) is 4. The van der Waals surface area contributed by atoms with Crippen LogP contribution in [-0.4, -0.2) is 8.80 Å². The number of rotatable bonds is 2. The second-order valence-electron chi connectivity index (χ2n) is 12.0. The first-order chi connectivity index (χ1) is 22.7. The van der Waals surface area contributed by atoms with Crippen LogP contribution in [0.25, 0.3) is 102 Å². The smallest absolute Gasteiger partial charge is 0.195 e. The maximum atomic E-state index is 10.6. The van der Waals surface area contributed by atoms with Gasteiger partial charge < -0.3 is 0 Å². The third-order valence-electron chi connectivity index (χ3n) is 9.81. The number of thiophene rings is 2. The van der Waals surface area contributed by atoms with Crippen LogP contribution >= 0.6 is 22.7 Å². The highest BCUT2D eigenvalue weighted by atomic mass is 32.1. The van der Waals surface area contributed by atoms with Crippen LogP contribution in [0.4, 0.5) is 5.69 Å². The van der Waals surface area contributed by atoms with E-state index in [1.807, 2.05) is 12.1 Å². The van der Waals surface area contributed by atoms with Crippen molar-refractivity contribution in [3.05, 3.63) is 125 Å². The monoisotopic (exact) mass is 618 g/mol. The lowest BCUT2D eigenvalue weighted by molar-refractivity contribution is 1.39. The molecule has 11 aromatic rings. The fourth-order valence-corrected chi connectivity index (χ4v) is 9.81. The van der Waals surface area contributed by atoms with Crippen molar-refractivity contribution < 1.29 is 0 Å². The summed E-state index contributed by atoms with van der Waals surface area (Å²) in [6.45, 7) is 8.30. The van der Waals surface area contributed by atoms with Crippen molar-refractivity contribution in [1.29, 1.82) is 5.26 Å². The van der Waals surface area contributed by atoms with Crippen molar-refractivity contribution in [2.75, 3.05) is 0 Å². The Hall–Kier alpha value is -5.92. The molecule has 5 aromatic carbocycles. The molecule has 0 N–H and O–H groups in total. The highest BCUT2D eigenvalue weighted by molar-refractivity contribution is 7.17. The molecule has 46 heavy (non-hydrogen) atoms. The van der Waals surface area contributed by atoms with E-state index in [0.29, 0.717) is 11.3 Å². The summed E-state index contributed by atoms with van der Waals surface area (Å²) in [5.41, 5.74) is 9.41. The van der Waals surface area contributed by atoms with Gasteiger partial charge >= 0.3 is 0 Å². The molecule has 0 radical (unpaired) electrons. The molecule has 6 heteroatoms. The number of benzene rings is 5. The van der Waals surface area contributed by atoms with E-state index in [2.05, 4.69) is 115 Å². The van der Waals surface area contributed by atoms with Crippen molar-refractivity contribution in [2.45, 2.75) is 0 Å². The minimum Gasteiger partial charge on any atom is -0.300 e. The quantitative estimate of drug-likeness (QED) is 0.178. The Labute approximate surface area is 269 Å². The molecule has 210 valence electrons. The van der Waals surface area contributed by atoms with E-state index in [0.717, 1.165) is 22.3 Å². The van der Waals surface area contributed by atoms with Crippen molar-refractivity contribution in [2.24, 2.45) is 0 Å². The zero-order valence-corrected chi connectivity index (χ0v) is 25.6. The molecule has 6 aromatic heterocycles. The fraction of sp³-hybridized carbons (Fsp3) is 0. The van der Waals surface area contributed by atoms with Crippen molar-refractivity contribution >= 4 is 103 Å². The van der Waals surface area contributed by atoms with Gasteiger partial charge in [0.05, 0.1) is 40.3 Å². The molecule has 0 aliphatic carbocycles. The average molecular weight is 619 g/mol. The topological polar surface area (TPSA) is 37.0 Å². The largest absolute Gasteiger partial charge is 0.300 e. The zero-order chi connectivity index (χ0) is 30.3. The van der Waals surface area contributed by atoms with Crippen molar-refractivity contribution in [3.8, 4) is 28.3 Å². The molecule has 11 rings (SSSR count). The Balaban J connectivity index is 1.20. The molecule has 0 atom stereocenters. The van der Waals surface area contributed by atoms with Gasteiger partial charge in [0.25, 0.3) is 0 Å². The summed E-state index contributed by atoms with van der Waals surface area (Å²) in [4.78, 5) is 6.52. The third kappa shape index (κ3) is 2.83. The lowest BCUT2D eigenvalue weighted by Crippen LogP contribution is -1.89. The summed E-state index contributed by atoms with van der Waals surface area (Å²) < 4.78 is 4.75. The number of para-hydroxylation sites is 2. The Morgan fingerprint density at radius 3 is 1.59 bits per heavy atom. The van der Waals surface area contributed by atoms with Crippen LogP contribution < -0.4 is 0 Å². The Bertz CT molecular complexity index is 2950. The number of hydrogen-bond donors (Lipinski definition) is 0. The van der Waals surface area contributed by atoms with Crippen LogP contribution in [0.2, 0.25) is 0 Å². The highest BCUT2D eigenvalue weighted by Gasteiger charge is 2.23. The number of hydrogen-bond acceptors (Lipinski definition) is 3. The summed E-state index contributed by atoms with van der Waals surface area (Å²) >= 11 is 3.50. The van der Waals surface area contributed by atoms with Crippen molar-refractivity contribution in [1.82, 2.24) is 8.80 Å². The lowest BCUT2D eigenvalue weighted by Gasteiger charge is -2.12. The second kappa shape index (κ2) is 8.41. The standard InChI is InChI=1S/C40H18N4S2/c1-42-34-19-28(21-14-30-24-6-2-4-8-35(24)43-37(30)32(15-21)26-10-12-45-39(26)43)23(20-41)18-29(34)22-16-31-25-7-3-5-9-36(25)44-38(31)33(17-22)27-11-13-46-40(27)44/h2-19H. The maximum absolute atomic E-state index is 10.6. The summed E-state index contributed by atoms with van der Waals surface area (Å²) in [5.74, 6) is 0. The van der Waals surface area contributed by atoms with E-state index in [4.69, 9.17) is 6.57 Å². The normalized spacial score (nSPS) is 12.3. The first-order valence-corrected chi connectivity index (χ1v) is 16.8. The Kier molecular flexibility index (Phi) is 4.46. The van der Waals surface area contributed by atoms with Crippen LogP contribution in [0.15, 0.2) is 108 Å². The van der Waals surface area contributed by atoms with Crippen molar-refractivity contribution in [3.63, 3.8) is 0 Å². The van der Waals surface area contributed by atoms with E-state index in [9.17, 15) is 5.26 Å². The van der Waals surface area contributed by atoms with Gasteiger partial charge in [-0.05, 0) is 93.7 Å². The Morgan fingerprint density at radius 1 is 0.565 bits per heavy atom. The van der Waals surface area contributed by atoms with Gasteiger partial charge in [-0.15, -0.1) is 22.7 Å². The molecular formula is C40H18N4S2. The first-order valence-electron chi connectivity index (χ1n) is 15.0. The Morgan fingerprint density at radius 2 is 1.07 bits per heavy atom. The van der Waals surface area contributed by atoms with Crippen LogP contribution in [0.1, 0.15) is 5.56 Å². The van der Waals surface area contributed by atoms with Crippen LogP contribution in [0.3, 0.4) is 0 Å². The van der Waals surface area contributed by atoms with Gasteiger partial charge in [0.15, 0.2) is 5.69 Å². The zero-order valence-electron chi connectivity index (χ0n) is 24.0. The van der Waals surface area contributed by atoms with Crippen LogP contribution in [0.5, 0.6) is 0 Å². The molecular weight excluding hydrogens is 601 g/mol. The number of aromatic nitrogens is 2. The summed E-state index contributed by atoms with van der Waals surface area (Å²) in [6.07, 6.45) is 0. The van der Waals surface area contributed by atoms with E-state index in [1.165, 1.54) is 74.8 Å². The third-order valence-corrected chi connectivity index (χ3v) is 11.6. The predicted molar refractivity (Wildman–Crippen MR) is 193 cm³/mol. The molecule has 0 saturated carbocycles. The van der Waals surface area contributed by atoms with Gasteiger partial charge in [-0.3, -0.25) is 8.80 Å². The maximum Gasteiger partial charge on any atom is 0.195 e. The molecule has 0 amide bonds. The molecule has 6 heterocycles. The molecule has 0 fully saturated rings. The van der Waals surface area contributed by atoms with E-state index in [1.54, 1.807) is 22.7 Å². The molecule has 0 saturated heterocycles. The van der Waals surface area contributed by atoms with Gasteiger partial charge in [-0.25, -0.2) is 4.85 Å². The SMILES string of the molecule is [C-]#[N+]c1cc(-c2cc3c4ccccc4n4c5sccc5c(c2)c34)c(C#N)cc1-c1cc2c3ccccc3n3c4sccc4c(c1)c23. The van der Waals surface area contributed by atoms with Gasteiger partial charge in [0, 0.05) is 43.1 Å². The number of fused-ring (bicyclic) bond motifs is 12. The van der Waals surface area contributed by atoms with Gasteiger partial charge in [0.2, 0.25) is 0 Å². The number of nitriles is 1. The highest BCUT2D eigenvalue weighted by Crippen LogP contribution is 2.47. The first kappa shape index (κ1) is 24.4. The fourth-order valence-electron chi connectivity index (χ4n) is 7.94. The van der Waals surface area contributed by atoms with E-state index >= 15 is 0 Å². The molecule has 0 aliphatic heterocycles. The predicted octanol–water partition coefficient (Wildman–Crippen LogP) is 11.9. The molecule has 0 spiro atoms. The average Bonchev–Trinajstić information content (AvgIpc) is 3.94. The molecule has 4 nitrogen and oxygen atoms in total.